The number of ether oxygens (including phenoxy) is 2. The van der Waals surface area contributed by atoms with Crippen LogP contribution in [0.5, 0.6) is 0 Å². The van der Waals surface area contributed by atoms with Crippen LogP contribution in [0, 0.1) is 0 Å². The maximum absolute atomic E-state index is 11.4. The van der Waals surface area contributed by atoms with Crippen molar-refractivity contribution < 1.29 is 28.7 Å². The van der Waals surface area contributed by atoms with Gasteiger partial charge in [-0.1, -0.05) is 12.8 Å². The van der Waals surface area contributed by atoms with E-state index in [-0.39, 0.29) is 37.6 Å². The van der Waals surface area contributed by atoms with Crippen LogP contribution >= 0.6 is 0 Å². The summed E-state index contributed by atoms with van der Waals surface area (Å²) in [5.41, 5.74) is 0. The van der Waals surface area contributed by atoms with Crippen LogP contribution in [-0.4, -0.2) is 36.7 Å². The fourth-order valence-corrected chi connectivity index (χ4v) is 1.92. The van der Waals surface area contributed by atoms with Crippen molar-refractivity contribution in [1.82, 2.24) is 0 Å². The number of unbranched alkanes of at least 4 members (excludes halogenated alkanes) is 3. The van der Waals surface area contributed by atoms with Crippen LogP contribution in [0.4, 0.5) is 0 Å². The van der Waals surface area contributed by atoms with E-state index in [0.29, 0.717) is 25.7 Å². The predicted octanol–water partition coefficient (Wildman–Crippen LogP) is 2.37. The Hall–Kier alpha value is -1.72. The summed E-state index contributed by atoms with van der Waals surface area (Å²) in [6, 6.07) is 0. The molecule has 0 aromatic rings. The molecule has 6 nitrogen and oxygen atoms in total. The fourth-order valence-electron chi connectivity index (χ4n) is 1.92. The van der Waals surface area contributed by atoms with Gasteiger partial charge >= 0.3 is 11.9 Å². The van der Waals surface area contributed by atoms with E-state index < -0.39 is 11.9 Å². The Balaban J connectivity index is 3.53. The zero-order valence-corrected chi connectivity index (χ0v) is 13.5. The Bertz CT molecular complexity index is 339. The Morgan fingerprint density at radius 3 is 1.32 bits per heavy atom. The van der Waals surface area contributed by atoms with Gasteiger partial charge in [0.05, 0.1) is 13.2 Å². The lowest BCUT2D eigenvalue weighted by molar-refractivity contribution is -0.147. The lowest BCUT2D eigenvalue weighted by atomic mass is 10.1. The molecule has 0 radical (unpaired) electrons. The number of ketones is 2. The number of rotatable bonds is 13. The van der Waals surface area contributed by atoms with E-state index >= 15 is 0 Å². The van der Waals surface area contributed by atoms with Gasteiger partial charge in [-0.3, -0.25) is 19.2 Å². The summed E-state index contributed by atoms with van der Waals surface area (Å²) >= 11 is 0. The highest BCUT2D eigenvalue weighted by atomic mass is 16.5. The second-order valence-electron chi connectivity index (χ2n) is 4.96. The normalized spacial score (nSPS) is 10.1. The van der Waals surface area contributed by atoms with Gasteiger partial charge in [0.2, 0.25) is 0 Å². The van der Waals surface area contributed by atoms with Crippen LogP contribution in [0.2, 0.25) is 0 Å². The first-order chi connectivity index (χ1) is 10.5. The minimum Gasteiger partial charge on any atom is -0.466 e. The van der Waals surface area contributed by atoms with Crippen LogP contribution in [0.25, 0.3) is 0 Å². The fraction of sp³-hybridized carbons (Fsp3) is 0.750. The van der Waals surface area contributed by atoms with Crippen LogP contribution in [0.3, 0.4) is 0 Å². The van der Waals surface area contributed by atoms with Crippen LogP contribution < -0.4 is 0 Å². The largest absolute Gasteiger partial charge is 0.466 e. The van der Waals surface area contributed by atoms with Gasteiger partial charge in [-0.25, -0.2) is 0 Å². The molecule has 0 aliphatic rings. The number of carbonyl (C=O) groups is 4. The molecule has 0 aromatic carbocycles. The van der Waals surface area contributed by atoms with Gasteiger partial charge < -0.3 is 9.47 Å². The van der Waals surface area contributed by atoms with Crippen molar-refractivity contribution in [2.24, 2.45) is 0 Å². The number of hydrogen-bond acceptors (Lipinski definition) is 6. The molecule has 22 heavy (non-hydrogen) atoms. The minimum atomic E-state index is -0.475. The van der Waals surface area contributed by atoms with Gasteiger partial charge in [0.15, 0.2) is 0 Å². The van der Waals surface area contributed by atoms with Crippen molar-refractivity contribution in [2.75, 3.05) is 13.2 Å². The summed E-state index contributed by atoms with van der Waals surface area (Å²) in [5, 5.41) is 0. The molecule has 0 rings (SSSR count). The van der Waals surface area contributed by atoms with E-state index in [2.05, 4.69) is 0 Å². The summed E-state index contributed by atoms with van der Waals surface area (Å²) in [6.45, 7) is 3.97. The SMILES string of the molecule is CCOC(=O)CC(=O)CCCCCCC(=O)CC(=O)OCC. The molecule has 0 saturated carbocycles. The Labute approximate surface area is 131 Å². The molecule has 0 unspecified atom stereocenters. The van der Waals surface area contributed by atoms with E-state index in [9.17, 15) is 19.2 Å². The first-order valence-corrected chi connectivity index (χ1v) is 7.84. The summed E-state index contributed by atoms with van der Waals surface area (Å²) in [4.78, 5) is 45.1. The number of hydrogen-bond donors (Lipinski definition) is 0. The maximum atomic E-state index is 11.4. The third kappa shape index (κ3) is 12.1. The molecular weight excluding hydrogens is 288 g/mol. The first-order valence-electron chi connectivity index (χ1n) is 7.84. The predicted molar refractivity (Wildman–Crippen MR) is 80.2 cm³/mol. The first kappa shape index (κ1) is 20.3. The van der Waals surface area contributed by atoms with Crippen LogP contribution in [-0.2, 0) is 28.7 Å². The highest BCUT2D eigenvalue weighted by Gasteiger charge is 2.11. The molecule has 0 N–H and O–H groups in total. The Kier molecular flexibility index (Phi) is 12.0. The lowest BCUT2D eigenvalue weighted by Gasteiger charge is -2.03. The van der Waals surface area contributed by atoms with E-state index in [1.807, 2.05) is 0 Å². The summed E-state index contributed by atoms with van der Waals surface area (Å²) in [5.74, 6) is -1.18. The molecule has 0 atom stereocenters. The molecule has 0 spiro atoms. The maximum Gasteiger partial charge on any atom is 0.313 e. The summed E-state index contributed by atoms with van der Waals surface area (Å²) in [7, 11) is 0. The standard InChI is InChI=1S/C16H26O6/c1-3-21-15(19)11-13(17)9-7-5-6-8-10-14(18)12-16(20)22-4-2/h3-12H2,1-2H3. The van der Waals surface area contributed by atoms with Crippen molar-refractivity contribution in [2.45, 2.75) is 65.2 Å². The van der Waals surface area contributed by atoms with E-state index in [4.69, 9.17) is 9.47 Å². The Morgan fingerprint density at radius 2 is 1.00 bits per heavy atom. The van der Waals surface area contributed by atoms with Gasteiger partial charge in [-0.05, 0) is 26.7 Å². The third-order valence-electron chi connectivity index (χ3n) is 2.95. The topological polar surface area (TPSA) is 86.7 Å². The highest BCUT2D eigenvalue weighted by Crippen LogP contribution is 2.08. The van der Waals surface area contributed by atoms with E-state index in [1.165, 1.54) is 0 Å². The molecule has 0 saturated heterocycles. The van der Waals surface area contributed by atoms with Gasteiger partial charge in [-0.15, -0.1) is 0 Å². The average molecular weight is 314 g/mol. The smallest absolute Gasteiger partial charge is 0.313 e. The molecule has 0 amide bonds. The van der Waals surface area contributed by atoms with Gasteiger partial charge in [0.25, 0.3) is 0 Å². The monoisotopic (exact) mass is 314 g/mol. The van der Waals surface area contributed by atoms with Crippen molar-refractivity contribution >= 4 is 23.5 Å². The van der Waals surface area contributed by atoms with Crippen molar-refractivity contribution in [3.05, 3.63) is 0 Å². The van der Waals surface area contributed by atoms with Crippen molar-refractivity contribution in [3.63, 3.8) is 0 Å². The average Bonchev–Trinajstić information content (AvgIpc) is 2.42. The second-order valence-corrected chi connectivity index (χ2v) is 4.96. The van der Waals surface area contributed by atoms with E-state index in [1.54, 1.807) is 13.8 Å². The molecule has 0 aliphatic carbocycles. The molecular formula is C16H26O6. The van der Waals surface area contributed by atoms with Crippen LogP contribution in [0.1, 0.15) is 65.2 Å². The van der Waals surface area contributed by atoms with Gasteiger partial charge in [0, 0.05) is 12.8 Å². The number of carbonyl (C=O) groups excluding carboxylic acids is 4. The minimum absolute atomic E-state index is 0.114. The zero-order valence-electron chi connectivity index (χ0n) is 13.5. The Morgan fingerprint density at radius 1 is 0.636 bits per heavy atom. The number of esters is 2. The molecule has 126 valence electrons. The quantitative estimate of drug-likeness (QED) is 0.295. The summed E-state index contributed by atoms with van der Waals surface area (Å²) < 4.78 is 9.40. The van der Waals surface area contributed by atoms with Crippen molar-refractivity contribution in [3.8, 4) is 0 Å². The van der Waals surface area contributed by atoms with Crippen molar-refractivity contribution in [1.29, 1.82) is 0 Å². The molecule has 0 fully saturated rings. The number of Topliss-reactive ketones (excluding diaryl/α,β-unsaturated/α-hetero) is 2. The molecule has 0 aliphatic heterocycles. The molecule has 6 heteroatoms. The molecule has 0 aromatic heterocycles. The van der Waals surface area contributed by atoms with Gasteiger partial charge in [-0.2, -0.15) is 0 Å². The third-order valence-corrected chi connectivity index (χ3v) is 2.95. The zero-order chi connectivity index (χ0) is 16.8. The lowest BCUT2D eigenvalue weighted by Crippen LogP contribution is -2.11. The van der Waals surface area contributed by atoms with E-state index in [0.717, 1.165) is 12.8 Å². The highest BCUT2D eigenvalue weighted by molar-refractivity contribution is 5.95. The summed E-state index contributed by atoms with van der Waals surface area (Å²) in [6.07, 6.45) is 3.43. The molecule has 0 heterocycles. The van der Waals surface area contributed by atoms with Crippen LogP contribution in [0.15, 0.2) is 0 Å². The molecule has 0 bridgehead atoms. The van der Waals surface area contributed by atoms with Gasteiger partial charge in [0.1, 0.15) is 24.4 Å². The second kappa shape index (κ2) is 13.0.